The predicted molar refractivity (Wildman–Crippen MR) is 80.1 cm³/mol. The second-order valence-electron chi connectivity index (χ2n) is 6.55. The van der Waals surface area contributed by atoms with Gasteiger partial charge in [0.05, 0.1) is 6.54 Å². The third kappa shape index (κ3) is 3.41. The van der Waals surface area contributed by atoms with Crippen LogP contribution in [0.5, 0.6) is 0 Å². The Hall–Kier alpha value is -0.870. The summed E-state index contributed by atoms with van der Waals surface area (Å²) in [6.07, 6.45) is 11.5. The number of likely N-dealkylation sites (tertiary alicyclic amines) is 1. The molecule has 1 saturated carbocycles. The number of carbonyl (C=O) groups excluding carboxylic acids is 1. The van der Waals surface area contributed by atoms with Gasteiger partial charge >= 0.3 is 0 Å². The third-order valence-corrected chi connectivity index (χ3v) is 4.75. The van der Waals surface area contributed by atoms with Crippen LogP contribution in [0, 0.1) is 0 Å². The smallest absolute Gasteiger partial charge is 0.241 e. The summed E-state index contributed by atoms with van der Waals surface area (Å²) in [5.41, 5.74) is 7.23. The van der Waals surface area contributed by atoms with Gasteiger partial charge in [-0.15, -0.1) is 0 Å². The van der Waals surface area contributed by atoms with Gasteiger partial charge in [0.2, 0.25) is 5.91 Å². The van der Waals surface area contributed by atoms with E-state index in [1.54, 1.807) is 0 Å². The van der Waals surface area contributed by atoms with Gasteiger partial charge in [0.15, 0.2) is 0 Å². The number of nitrogens with two attached hydrogens (primary N) is 1. The standard InChI is InChI=1S/C16H27N3O/c17-13-8-10-18(11-9-13)12-16(20)19(15-6-7-15)14-4-2-1-3-5-14/h4,13,15H,1-3,5-12,17H2. The Bertz CT molecular complexity index is 381. The van der Waals surface area contributed by atoms with Crippen molar-refractivity contribution < 1.29 is 4.79 Å². The number of hydrogen-bond donors (Lipinski definition) is 1. The number of hydrogen-bond acceptors (Lipinski definition) is 3. The van der Waals surface area contributed by atoms with E-state index >= 15 is 0 Å². The molecule has 0 unspecified atom stereocenters. The van der Waals surface area contributed by atoms with Crippen molar-refractivity contribution in [3.8, 4) is 0 Å². The van der Waals surface area contributed by atoms with Gasteiger partial charge in [0.1, 0.15) is 0 Å². The molecular formula is C16H27N3O. The van der Waals surface area contributed by atoms with Gasteiger partial charge in [-0.1, -0.05) is 6.08 Å². The first-order chi connectivity index (χ1) is 9.74. The molecule has 2 N–H and O–H groups in total. The Morgan fingerprint density at radius 1 is 1.25 bits per heavy atom. The van der Waals surface area contributed by atoms with E-state index in [-0.39, 0.29) is 0 Å². The summed E-state index contributed by atoms with van der Waals surface area (Å²) in [5.74, 6) is 0.316. The second kappa shape index (κ2) is 6.27. The summed E-state index contributed by atoms with van der Waals surface area (Å²) in [4.78, 5) is 17.1. The van der Waals surface area contributed by atoms with Crippen molar-refractivity contribution in [2.75, 3.05) is 19.6 Å². The van der Waals surface area contributed by atoms with Crippen LogP contribution in [0.3, 0.4) is 0 Å². The molecule has 2 aliphatic carbocycles. The minimum atomic E-state index is 0.316. The van der Waals surface area contributed by atoms with Crippen molar-refractivity contribution in [1.29, 1.82) is 0 Å². The summed E-state index contributed by atoms with van der Waals surface area (Å²) < 4.78 is 0. The van der Waals surface area contributed by atoms with E-state index in [0.29, 0.717) is 24.5 Å². The first kappa shape index (κ1) is 14.1. The first-order valence-electron chi connectivity index (χ1n) is 8.23. The Morgan fingerprint density at radius 3 is 2.60 bits per heavy atom. The second-order valence-corrected chi connectivity index (χ2v) is 6.55. The van der Waals surface area contributed by atoms with Gasteiger partial charge in [0.25, 0.3) is 0 Å². The molecule has 0 atom stereocenters. The minimum Gasteiger partial charge on any atom is -0.328 e. The molecule has 0 bridgehead atoms. The summed E-state index contributed by atoms with van der Waals surface area (Å²) in [7, 11) is 0. The van der Waals surface area contributed by atoms with E-state index < -0.39 is 0 Å². The zero-order chi connectivity index (χ0) is 13.9. The number of piperidine rings is 1. The van der Waals surface area contributed by atoms with E-state index in [9.17, 15) is 4.79 Å². The topological polar surface area (TPSA) is 49.6 Å². The van der Waals surface area contributed by atoms with Crippen LogP contribution in [0.15, 0.2) is 11.8 Å². The lowest BCUT2D eigenvalue weighted by molar-refractivity contribution is -0.131. The maximum absolute atomic E-state index is 12.7. The molecule has 4 heteroatoms. The molecule has 1 saturated heterocycles. The zero-order valence-corrected chi connectivity index (χ0v) is 12.4. The monoisotopic (exact) mass is 277 g/mol. The van der Waals surface area contributed by atoms with Crippen LogP contribution < -0.4 is 5.73 Å². The summed E-state index contributed by atoms with van der Waals surface area (Å²) in [5, 5.41) is 0. The summed E-state index contributed by atoms with van der Waals surface area (Å²) >= 11 is 0. The van der Waals surface area contributed by atoms with Crippen LogP contribution in [0.2, 0.25) is 0 Å². The minimum absolute atomic E-state index is 0.316. The van der Waals surface area contributed by atoms with Crippen LogP contribution in [-0.2, 0) is 4.79 Å². The lowest BCUT2D eigenvalue weighted by Crippen LogP contribution is -2.46. The highest BCUT2D eigenvalue weighted by Gasteiger charge is 2.35. The fourth-order valence-corrected chi connectivity index (χ4v) is 3.35. The molecule has 4 nitrogen and oxygen atoms in total. The van der Waals surface area contributed by atoms with E-state index in [1.165, 1.54) is 31.4 Å². The molecule has 3 aliphatic rings. The summed E-state index contributed by atoms with van der Waals surface area (Å²) in [6, 6.07) is 0.834. The van der Waals surface area contributed by atoms with Crippen molar-refractivity contribution in [2.45, 2.75) is 63.5 Å². The maximum atomic E-state index is 12.7. The molecule has 1 aliphatic heterocycles. The lowest BCUT2D eigenvalue weighted by atomic mass is 10.0. The molecule has 112 valence electrons. The fraction of sp³-hybridized carbons (Fsp3) is 0.812. The molecule has 2 fully saturated rings. The van der Waals surface area contributed by atoms with Crippen LogP contribution >= 0.6 is 0 Å². The van der Waals surface area contributed by atoms with Gasteiger partial charge in [-0.25, -0.2) is 0 Å². The van der Waals surface area contributed by atoms with Crippen molar-refractivity contribution in [2.24, 2.45) is 5.73 Å². The fourth-order valence-electron chi connectivity index (χ4n) is 3.35. The van der Waals surface area contributed by atoms with Crippen LogP contribution in [-0.4, -0.2) is 47.4 Å². The van der Waals surface area contributed by atoms with Gasteiger partial charge in [0, 0.05) is 30.9 Å². The Morgan fingerprint density at radius 2 is 2.00 bits per heavy atom. The number of nitrogens with zero attached hydrogens (tertiary/aromatic N) is 2. The first-order valence-corrected chi connectivity index (χ1v) is 8.23. The van der Waals surface area contributed by atoms with Gasteiger partial charge < -0.3 is 10.6 Å². The molecule has 1 amide bonds. The maximum Gasteiger partial charge on any atom is 0.241 e. The van der Waals surface area contributed by atoms with E-state index in [2.05, 4.69) is 15.9 Å². The van der Waals surface area contributed by atoms with E-state index in [4.69, 9.17) is 5.73 Å². The van der Waals surface area contributed by atoms with Crippen molar-refractivity contribution in [3.63, 3.8) is 0 Å². The summed E-state index contributed by atoms with van der Waals surface area (Å²) in [6.45, 7) is 2.54. The highest BCUT2D eigenvalue weighted by molar-refractivity contribution is 5.80. The Kier molecular flexibility index (Phi) is 4.41. The van der Waals surface area contributed by atoms with Gasteiger partial charge in [-0.3, -0.25) is 9.69 Å². The molecule has 20 heavy (non-hydrogen) atoms. The van der Waals surface area contributed by atoms with Gasteiger partial charge in [-0.2, -0.15) is 0 Å². The normalized spacial score (nSPS) is 25.4. The van der Waals surface area contributed by atoms with Gasteiger partial charge in [-0.05, 0) is 51.4 Å². The molecule has 0 aromatic heterocycles. The predicted octanol–water partition coefficient (Wildman–Crippen LogP) is 1.86. The lowest BCUT2D eigenvalue weighted by Gasteiger charge is -2.33. The third-order valence-electron chi connectivity index (χ3n) is 4.75. The zero-order valence-electron chi connectivity index (χ0n) is 12.4. The van der Waals surface area contributed by atoms with Crippen LogP contribution in [0.1, 0.15) is 51.4 Å². The van der Waals surface area contributed by atoms with Crippen molar-refractivity contribution in [3.05, 3.63) is 11.8 Å². The number of allylic oxidation sites excluding steroid dienone is 2. The molecule has 0 aromatic carbocycles. The molecule has 0 aromatic rings. The highest BCUT2D eigenvalue weighted by atomic mass is 16.2. The molecular weight excluding hydrogens is 250 g/mol. The quantitative estimate of drug-likeness (QED) is 0.853. The number of amides is 1. The Labute approximate surface area is 122 Å². The largest absolute Gasteiger partial charge is 0.328 e. The average Bonchev–Trinajstić information content (AvgIpc) is 3.28. The molecule has 0 spiro atoms. The van der Waals surface area contributed by atoms with Crippen molar-refractivity contribution in [1.82, 2.24) is 9.80 Å². The molecule has 3 rings (SSSR count). The van der Waals surface area contributed by atoms with Crippen LogP contribution in [0.25, 0.3) is 0 Å². The van der Waals surface area contributed by atoms with Crippen LogP contribution in [0.4, 0.5) is 0 Å². The Balaban J connectivity index is 1.59. The van der Waals surface area contributed by atoms with E-state index in [1.807, 2.05) is 0 Å². The molecule has 1 heterocycles. The molecule has 0 radical (unpaired) electrons. The van der Waals surface area contributed by atoms with Crippen molar-refractivity contribution >= 4 is 5.91 Å². The average molecular weight is 277 g/mol. The van der Waals surface area contributed by atoms with E-state index in [0.717, 1.165) is 38.8 Å². The number of rotatable bonds is 4. The SMILES string of the molecule is NC1CCN(CC(=O)N(C2=CCCCC2)C2CC2)CC1. The number of carbonyl (C=O) groups is 1. The highest BCUT2D eigenvalue weighted by Crippen LogP contribution is 2.33.